The van der Waals surface area contributed by atoms with Crippen molar-refractivity contribution in [1.82, 2.24) is 10.2 Å². The molecule has 4 heteroatoms. The molecule has 1 N–H and O–H groups in total. The average Bonchev–Trinajstić information content (AvgIpc) is 3.19. The largest absolute Gasteiger partial charge is 0.314 e. The number of rotatable bonds is 3. The number of piperazine rings is 1. The van der Waals surface area contributed by atoms with Crippen molar-refractivity contribution >= 4 is 11.6 Å². The molecular weight excluding hydrogens is 251 g/mol. The van der Waals surface area contributed by atoms with Gasteiger partial charge in [0.15, 0.2) is 0 Å². The Labute approximate surface area is 112 Å². The summed E-state index contributed by atoms with van der Waals surface area (Å²) in [7, 11) is 0. The van der Waals surface area contributed by atoms with E-state index in [1.165, 1.54) is 18.9 Å². The van der Waals surface area contributed by atoms with Crippen molar-refractivity contribution in [2.75, 3.05) is 26.2 Å². The molecule has 0 radical (unpaired) electrons. The smallest absolute Gasteiger partial charge is 0.129 e. The summed E-state index contributed by atoms with van der Waals surface area (Å²) in [6.45, 7) is 3.92. The van der Waals surface area contributed by atoms with Crippen LogP contribution in [0.2, 0.25) is 5.02 Å². The first kappa shape index (κ1) is 12.4. The third-order valence-electron chi connectivity index (χ3n) is 3.91. The van der Waals surface area contributed by atoms with Crippen LogP contribution in [0.15, 0.2) is 18.2 Å². The van der Waals surface area contributed by atoms with Crippen LogP contribution < -0.4 is 5.32 Å². The maximum Gasteiger partial charge on any atom is 0.129 e. The molecule has 1 aromatic rings. The van der Waals surface area contributed by atoms with Crippen LogP contribution in [0.25, 0.3) is 0 Å². The summed E-state index contributed by atoms with van der Waals surface area (Å²) in [6, 6.07) is 5.18. The molecule has 2 fully saturated rings. The normalized spacial score (nSPS) is 23.0. The van der Waals surface area contributed by atoms with E-state index >= 15 is 0 Å². The Bertz CT molecular complexity index is 408. The minimum absolute atomic E-state index is 0.155. The fourth-order valence-electron chi connectivity index (χ4n) is 2.88. The first-order valence-electron chi connectivity index (χ1n) is 6.66. The number of nitrogens with one attached hydrogen (secondary N) is 1. The van der Waals surface area contributed by atoms with Gasteiger partial charge in [0, 0.05) is 42.8 Å². The zero-order chi connectivity index (χ0) is 12.5. The van der Waals surface area contributed by atoms with E-state index in [4.69, 9.17) is 11.6 Å². The molecule has 0 amide bonds. The molecule has 1 aromatic carbocycles. The molecule has 2 aliphatic rings. The van der Waals surface area contributed by atoms with E-state index < -0.39 is 0 Å². The van der Waals surface area contributed by atoms with Crippen LogP contribution in [0.3, 0.4) is 0 Å². The Hall–Kier alpha value is -0.640. The van der Waals surface area contributed by atoms with Gasteiger partial charge in [0.2, 0.25) is 0 Å². The number of hydrogen-bond acceptors (Lipinski definition) is 2. The van der Waals surface area contributed by atoms with Crippen LogP contribution >= 0.6 is 11.6 Å². The van der Waals surface area contributed by atoms with Crippen LogP contribution in [-0.2, 0) is 0 Å². The number of hydrogen-bond donors (Lipinski definition) is 1. The fraction of sp³-hybridized carbons (Fsp3) is 0.571. The van der Waals surface area contributed by atoms with E-state index in [0.29, 0.717) is 16.5 Å². The highest BCUT2D eigenvalue weighted by Gasteiger charge is 2.39. The predicted molar refractivity (Wildman–Crippen MR) is 71.3 cm³/mol. The Morgan fingerprint density at radius 2 is 2.00 bits per heavy atom. The highest BCUT2D eigenvalue weighted by Crippen LogP contribution is 2.47. The maximum atomic E-state index is 14.1. The lowest BCUT2D eigenvalue weighted by Crippen LogP contribution is -2.46. The first-order chi connectivity index (χ1) is 8.77. The summed E-state index contributed by atoms with van der Waals surface area (Å²) in [4.78, 5) is 2.39. The zero-order valence-electron chi connectivity index (χ0n) is 10.3. The lowest BCUT2D eigenvalue weighted by molar-refractivity contribution is 0.153. The van der Waals surface area contributed by atoms with Gasteiger partial charge in [-0.15, -0.1) is 0 Å². The number of halogens is 2. The Morgan fingerprint density at radius 3 is 2.61 bits per heavy atom. The fourth-order valence-corrected chi connectivity index (χ4v) is 3.16. The summed E-state index contributed by atoms with van der Waals surface area (Å²) in [5.41, 5.74) is 0.712. The van der Waals surface area contributed by atoms with E-state index in [-0.39, 0.29) is 11.9 Å². The number of nitrogens with zero attached hydrogens (tertiary/aromatic N) is 1. The van der Waals surface area contributed by atoms with Crippen molar-refractivity contribution in [1.29, 1.82) is 0 Å². The Kier molecular flexibility index (Phi) is 3.55. The molecule has 0 spiro atoms. The summed E-state index contributed by atoms with van der Waals surface area (Å²) in [6.07, 6.45) is 2.39. The molecule has 1 heterocycles. The Balaban J connectivity index is 1.93. The topological polar surface area (TPSA) is 15.3 Å². The monoisotopic (exact) mass is 268 g/mol. The van der Waals surface area contributed by atoms with Crippen LogP contribution in [-0.4, -0.2) is 31.1 Å². The molecule has 1 aliphatic carbocycles. The van der Waals surface area contributed by atoms with E-state index in [0.717, 1.165) is 26.2 Å². The van der Waals surface area contributed by atoms with Gasteiger partial charge in [0.05, 0.1) is 0 Å². The number of benzene rings is 1. The molecule has 98 valence electrons. The molecule has 0 unspecified atom stereocenters. The Morgan fingerprint density at radius 1 is 1.28 bits per heavy atom. The van der Waals surface area contributed by atoms with E-state index in [1.54, 1.807) is 12.1 Å². The van der Waals surface area contributed by atoms with Crippen LogP contribution in [0, 0.1) is 11.7 Å². The minimum Gasteiger partial charge on any atom is -0.314 e. The second-order valence-electron chi connectivity index (χ2n) is 5.20. The van der Waals surface area contributed by atoms with Crippen LogP contribution in [0.5, 0.6) is 0 Å². The lowest BCUT2D eigenvalue weighted by Gasteiger charge is -2.36. The molecule has 3 rings (SSSR count). The van der Waals surface area contributed by atoms with Gasteiger partial charge in [-0.2, -0.15) is 0 Å². The van der Waals surface area contributed by atoms with Crippen molar-refractivity contribution in [3.05, 3.63) is 34.6 Å². The minimum atomic E-state index is -0.155. The van der Waals surface area contributed by atoms with Crippen molar-refractivity contribution in [2.45, 2.75) is 18.9 Å². The molecule has 1 aliphatic heterocycles. The summed E-state index contributed by atoms with van der Waals surface area (Å²) < 4.78 is 14.1. The standard InChI is InChI=1S/C14H18ClFN2/c15-11-2-1-3-12(16)13(11)14(10-4-5-10)18-8-6-17-7-9-18/h1-3,10,14,17H,4-9H2/t14-/m1/s1. The van der Waals surface area contributed by atoms with Gasteiger partial charge in [-0.25, -0.2) is 4.39 Å². The van der Waals surface area contributed by atoms with Gasteiger partial charge >= 0.3 is 0 Å². The third kappa shape index (κ3) is 2.40. The van der Waals surface area contributed by atoms with Crippen LogP contribution in [0.4, 0.5) is 4.39 Å². The van der Waals surface area contributed by atoms with E-state index in [1.807, 2.05) is 0 Å². The van der Waals surface area contributed by atoms with Gasteiger partial charge in [-0.1, -0.05) is 17.7 Å². The second kappa shape index (κ2) is 5.16. The molecule has 1 saturated heterocycles. The highest BCUT2D eigenvalue weighted by atomic mass is 35.5. The zero-order valence-corrected chi connectivity index (χ0v) is 11.1. The van der Waals surface area contributed by atoms with Crippen molar-refractivity contribution in [3.8, 4) is 0 Å². The molecule has 2 nitrogen and oxygen atoms in total. The summed E-state index contributed by atoms with van der Waals surface area (Å²) in [5.74, 6) is 0.426. The second-order valence-corrected chi connectivity index (χ2v) is 5.61. The molecule has 18 heavy (non-hydrogen) atoms. The highest BCUT2D eigenvalue weighted by molar-refractivity contribution is 6.31. The van der Waals surface area contributed by atoms with Crippen LogP contribution in [0.1, 0.15) is 24.4 Å². The van der Waals surface area contributed by atoms with Gasteiger partial charge in [-0.05, 0) is 30.9 Å². The molecule has 0 bridgehead atoms. The van der Waals surface area contributed by atoms with E-state index in [2.05, 4.69) is 10.2 Å². The van der Waals surface area contributed by atoms with Gasteiger partial charge < -0.3 is 5.32 Å². The average molecular weight is 269 g/mol. The molecule has 0 aromatic heterocycles. The summed E-state index contributed by atoms with van der Waals surface area (Å²) >= 11 is 6.23. The molecule has 1 atom stereocenters. The third-order valence-corrected chi connectivity index (χ3v) is 4.24. The molecular formula is C14H18ClFN2. The SMILES string of the molecule is Fc1cccc(Cl)c1[C@@H](C1CC1)N1CCNCC1. The van der Waals surface area contributed by atoms with Gasteiger partial charge in [0.1, 0.15) is 5.82 Å². The predicted octanol–water partition coefficient (Wildman–Crippen LogP) is 2.84. The first-order valence-corrected chi connectivity index (χ1v) is 7.04. The maximum absolute atomic E-state index is 14.1. The van der Waals surface area contributed by atoms with E-state index in [9.17, 15) is 4.39 Å². The summed E-state index contributed by atoms with van der Waals surface area (Å²) in [5, 5.41) is 3.92. The quantitative estimate of drug-likeness (QED) is 0.907. The van der Waals surface area contributed by atoms with Gasteiger partial charge in [-0.3, -0.25) is 4.90 Å². The van der Waals surface area contributed by atoms with Crippen molar-refractivity contribution < 1.29 is 4.39 Å². The lowest BCUT2D eigenvalue weighted by atomic mass is 9.99. The van der Waals surface area contributed by atoms with Crippen molar-refractivity contribution in [2.24, 2.45) is 5.92 Å². The molecule has 1 saturated carbocycles. The van der Waals surface area contributed by atoms with Gasteiger partial charge in [0.25, 0.3) is 0 Å². The van der Waals surface area contributed by atoms with Crippen molar-refractivity contribution in [3.63, 3.8) is 0 Å².